The first kappa shape index (κ1) is 14.6. The number of benzene rings is 1. The molecule has 1 atom stereocenters. The molecule has 1 fully saturated rings. The van der Waals surface area contributed by atoms with E-state index in [-0.39, 0.29) is 11.9 Å². The number of hydrogen-bond donors (Lipinski definition) is 1. The molecular formula is C14H16ClN3O2. The molecule has 6 heteroatoms. The van der Waals surface area contributed by atoms with Gasteiger partial charge in [-0.1, -0.05) is 11.6 Å². The molecule has 2 rings (SSSR count). The molecule has 20 heavy (non-hydrogen) atoms. The van der Waals surface area contributed by atoms with Gasteiger partial charge in [-0.25, -0.2) is 0 Å². The highest BCUT2D eigenvalue weighted by molar-refractivity contribution is 6.32. The Kier molecular flexibility index (Phi) is 4.83. The maximum atomic E-state index is 12.1. The molecule has 1 amide bonds. The van der Waals surface area contributed by atoms with Gasteiger partial charge in [0.25, 0.3) is 0 Å². The number of ether oxygens (including phenoxy) is 1. The standard InChI is InChI=1S/C14H16ClN3O2/c1-2-17-14(19)13-9-20-6-5-18(13)11-4-3-10(8-16)12(15)7-11/h3-4,7,13H,2,5-6,9H2,1H3,(H,17,19). The van der Waals surface area contributed by atoms with Crippen molar-refractivity contribution in [3.05, 3.63) is 28.8 Å². The van der Waals surface area contributed by atoms with Crippen molar-refractivity contribution in [2.24, 2.45) is 0 Å². The maximum Gasteiger partial charge on any atom is 0.245 e. The molecule has 1 aliphatic heterocycles. The van der Waals surface area contributed by atoms with E-state index in [1.165, 1.54) is 0 Å². The summed E-state index contributed by atoms with van der Waals surface area (Å²) in [5.41, 5.74) is 1.26. The summed E-state index contributed by atoms with van der Waals surface area (Å²) < 4.78 is 5.39. The lowest BCUT2D eigenvalue weighted by Crippen LogP contribution is -2.54. The molecule has 1 aromatic carbocycles. The van der Waals surface area contributed by atoms with E-state index >= 15 is 0 Å². The first-order chi connectivity index (χ1) is 9.67. The summed E-state index contributed by atoms with van der Waals surface area (Å²) in [6, 6.07) is 6.85. The van der Waals surface area contributed by atoms with Crippen LogP contribution in [-0.2, 0) is 9.53 Å². The number of nitrogens with zero attached hydrogens (tertiary/aromatic N) is 2. The van der Waals surface area contributed by atoms with Crippen molar-refractivity contribution >= 4 is 23.2 Å². The van der Waals surface area contributed by atoms with Crippen molar-refractivity contribution in [2.45, 2.75) is 13.0 Å². The van der Waals surface area contributed by atoms with Crippen LogP contribution in [0.1, 0.15) is 12.5 Å². The fraction of sp³-hybridized carbons (Fsp3) is 0.429. The van der Waals surface area contributed by atoms with Gasteiger partial charge < -0.3 is 15.0 Å². The number of anilines is 1. The average Bonchev–Trinajstić information content (AvgIpc) is 2.47. The Morgan fingerprint density at radius 1 is 1.65 bits per heavy atom. The van der Waals surface area contributed by atoms with Gasteiger partial charge >= 0.3 is 0 Å². The molecule has 0 saturated carbocycles. The minimum absolute atomic E-state index is 0.0623. The molecule has 106 valence electrons. The highest BCUT2D eigenvalue weighted by Gasteiger charge is 2.29. The van der Waals surface area contributed by atoms with Crippen molar-refractivity contribution in [3.8, 4) is 6.07 Å². The fourth-order valence-corrected chi connectivity index (χ4v) is 2.41. The van der Waals surface area contributed by atoms with Gasteiger partial charge in [0.05, 0.1) is 23.8 Å². The number of likely N-dealkylation sites (N-methyl/N-ethyl adjacent to an activating group) is 1. The number of nitriles is 1. The Labute approximate surface area is 123 Å². The van der Waals surface area contributed by atoms with Crippen LogP contribution in [0.25, 0.3) is 0 Å². The zero-order chi connectivity index (χ0) is 14.5. The molecule has 1 aliphatic rings. The van der Waals surface area contributed by atoms with Crippen LogP contribution < -0.4 is 10.2 Å². The highest BCUT2D eigenvalue weighted by atomic mass is 35.5. The van der Waals surface area contributed by atoms with E-state index in [0.717, 1.165) is 5.69 Å². The molecule has 0 spiro atoms. The summed E-state index contributed by atoms with van der Waals surface area (Å²) >= 11 is 6.06. The molecule has 1 saturated heterocycles. The smallest absolute Gasteiger partial charge is 0.245 e. The third kappa shape index (κ3) is 3.03. The van der Waals surface area contributed by atoms with Crippen LogP contribution in [-0.4, -0.2) is 38.3 Å². The number of hydrogen-bond acceptors (Lipinski definition) is 4. The molecule has 1 aromatic rings. The number of rotatable bonds is 3. The van der Waals surface area contributed by atoms with E-state index in [4.69, 9.17) is 21.6 Å². The zero-order valence-electron chi connectivity index (χ0n) is 11.2. The van der Waals surface area contributed by atoms with Crippen LogP contribution in [0.4, 0.5) is 5.69 Å². The highest BCUT2D eigenvalue weighted by Crippen LogP contribution is 2.26. The number of morpholine rings is 1. The van der Waals surface area contributed by atoms with E-state index in [9.17, 15) is 4.79 Å². The van der Waals surface area contributed by atoms with Gasteiger partial charge in [-0.2, -0.15) is 5.26 Å². The summed E-state index contributed by atoms with van der Waals surface area (Å²) in [7, 11) is 0. The van der Waals surface area contributed by atoms with Crippen LogP contribution in [0.2, 0.25) is 5.02 Å². The van der Waals surface area contributed by atoms with E-state index in [1.54, 1.807) is 12.1 Å². The number of carbonyl (C=O) groups is 1. The Hall–Kier alpha value is -1.77. The Bertz CT molecular complexity index is 542. The van der Waals surface area contributed by atoms with E-state index < -0.39 is 0 Å². The molecule has 1 N–H and O–H groups in total. The maximum absolute atomic E-state index is 12.1. The van der Waals surface area contributed by atoms with Gasteiger partial charge in [0.1, 0.15) is 12.1 Å². The van der Waals surface area contributed by atoms with Crippen LogP contribution in [0.3, 0.4) is 0 Å². The molecule has 0 bridgehead atoms. The predicted octanol–water partition coefficient (Wildman–Crippen LogP) is 1.55. The second kappa shape index (κ2) is 6.60. The summed E-state index contributed by atoms with van der Waals surface area (Å²) in [4.78, 5) is 14.0. The molecule has 0 aromatic heterocycles. The van der Waals surface area contributed by atoms with Crippen molar-refractivity contribution in [1.29, 1.82) is 5.26 Å². The average molecular weight is 294 g/mol. The van der Waals surface area contributed by atoms with Gasteiger partial charge in [-0.15, -0.1) is 0 Å². The summed E-state index contributed by atoms with van der Waals surface area (Å²) in [5, 5.41) is 12.1. The lowest BCUT2D eigenvalue weighted by Gasteiger charge is -2.36. The van der Waals surface area contributed by atoms with Crippen LogP contribution >= 0.6 is 11.6 Å². The number of nitrogens with one attached hydrogen (secondary N) is 1. The molecule has 0 aliphatic carbocycles. The topological polar surface area (TPSA) is 65.4 Å². The molecule has 1 heterocycles. The second-order valence-corrected chi connectivity index (χ2v) is 4.86. The predicted molar refractivity (Wildman–Crippen MR) is 76.8 cm³/mol. The van der Waals surface area contributed by atoms with Crippen molar-refractivity contribution in [3.63, 3.8) is 0 Å². The van der Waals surface area contributed by atoms with Crippen molar-refractivity contribution < 1.29 is 9.53 Å². The van der Waals surface area contributed by atoms with Gasteiger partial charge in [0, 0.05) is 18.8 Å². The number of carbonyl (C=O) groups excluding carboxylic acids is 1. The van der Waals surface area contributed by atoms with E-state index in [2.05, 4.69) is 5.32 Å². The van der Waals surface area contributed by atoms with Crippen molar-refractivity contribution in [2.75, 3.05) is 31.2 Å². The van der Waals surface area contributed by atoms with Gasteiger partial charge in [-0.3, -0.25) is 4.79 Å². The normalized spacial score (nSPS) is 18.4. The Balaban J connectivity index is 2.26. The van der Waals surface area contributed by atoms with Crippen LogP contribution in [0.5, 0.6) is 0 Å². The molecule has 0 radical (unpaired) electrons. The first-order valence-corrected chi connectivity index (χ1v) is 6.87. The summed E-state index contributed by atoms with van der Waals surface area (Å²) in [6.45, 7) is 3.99. The quantitative estimate of drug-likeness (QED) is 0.918. The summed E-state index contributed by atoms with van der Waals surface area (Å²) in [6.07, 6.45) is 0. The van der Waals surface area contributed by atoms with Crippen LogP contribution in [0, 0.1) is 11.3 Å². The largest absolute Gasteiger partial charge is 0.377 e. The molecule has 1 unspecified atom stereocenters. The lowest BCUT2D eigenvalue weighted by atomic mass is 10.1. The van der Waals surface area contributed by atoms with E-state index in [1.807, 2.05) is 24.0 Å². The Morgan fingerprint density at radius 2 is 2.45 bits per heavy atom. The zero-order valence-corrected chi connectivity index (χ0v) is 12.0. The van der Waals surface area contributed by atoms with Gasteiger partial charge in [0.15, 0.2) is 0 Å². The summed E-state index contributed by atoms with van der Waals surface area (Å²) in [5.74, 6) is -0.0623. The first-order valence-electron chi connectivity index (χ1n) is 6.49. The third-order valence-electron chi connectivity index (χ3n) is 3.19. The van der Waals surface area contributed by atoms with Crippen LogP contribution in [0.15, 0.2) is 18.2 Å². The second-order valence-electron chi connectivity index (χ2n) is 4.45. The van der Waals surface area contributed by atoms with E-state index in [0.29, 0.717) is 36.9 Å². The molecular weight excluding hydrogens is 278 g/mol. The van der Waals surface area contributed by atoms with Gasteiger partial charge in [0.2, 0.25) is 5.91 Å². The van der Waals surface area contributed by atoms with Crippen molar-refractivity contribution in [1.82, 2.24) is 5.32 Å². The third-order valence-corrected chi connectivity index (χ3v) is 3.50. The fourth-order valence-electron chi connectivity index (χ4n) is 2.20. The monoisotopic (exact) mass is 293 g/mol. The molecule has 5 nitrogen and oxygen atoms in total. The number of halogens is 1. The Morgan fingerprint density at radius 3 is 3.10 bits per heavy atom. The lowest BCUT2D eigenvalue weighted by molar-refractivity contribution is -0.124. The number of amides is 1. The minimum atomic E-state index is -0.368. The minimum Gasteiger partial charge on any atom is -0.377 e. The SMILES string of the molecule is CCNC(=O)C1COCCN1c1ccc(C#N)c(Cl)c1. The van der Waals surface area contributed by atoms with Gasteiger partial charge in [-0.05, 0) is 25.1 Å².